The Morgan fingerprint density at radius 1 is 1.16 bits per heavy atom. The Bertz CT molecular complexity index is 734. The minimum absolute atomic E-state index is 0.0205. The van der Waals surface area contributed by atoms with Crippen molar-refractivity contribution < 1.29 is 0 Å². The maximum atomic E-state index is 6.26. The molecular weight excluding hydrogens is 310 g/mol. The van der Waals surface area contributed by atoms with E-state index in [0.717, 1.165) is 43.1 Å². The lowest BCUT2D eigenvalue weighted by Crippen LogP contribution is -2.40. The topological polar surface area (TPSA) is 69.6 Å². The first-order valence-electron chi connectivity index (χ1n) is 9.62. The molecule has 2 fully saturated rings. The van der Waals surface area contributed by atoms with Gasteiger partial charge in [-0.3, -0.25) is 4.68 Å². The van der Waals surface area contributed by atoms with E-state index in [1.165, 1.54) is 36.9 Å². The van der Waals surface area contributed by atoms with Crippen molar-refractivity contribution in [3.63, 3.8) is 0 Å². The summed E-state index contributed by atoms with van der Waals surface area (Å²) in [5, 5.41) is 4.48. The van der Waals surface area contributed by atoms with Crippen LogP contribution in [0.15, 0.2) is 18.5 Å². The number of aromatic nitrogens is 4. The van der Waals surface area contributed by atoms with Gasteiger partial charge in [-0.05, 0) is 69.8 Å². The van der Waals surface area contributed by atoms with Gasteiger partial charge in [0.25, 0.3) is 0 Å². The summed E-state index contributed by atoms with van der Waals surface area (Å²) >= 11 is 0. The molecule has 2 aliphatic rings. The van der Waals surface area contributed by atoms with Gasteiger partial charge in [0.05, 0.1) is 11.9 Å². The molecule has 0 bridgehead atoms. The van der Waals surface area contributed by atoms with E-state index >= 15 is 0 Å². The van der Waals surface area contributed by atoms with Crippen molar-refractivity contribution in [3.8, 4) is 11.3 Å². The Hall–Kier alpha value is -1.75. The lowest BCUT2D eigenvalue weighted by molar-refractivity contribution is 0.248. The number of nitrogens with zero attached hydrogens (tertiary/aromatic N) is 4. The molecule has 2 aliphatic carbocycles. The highest BCUT2D eigenvalue weighted by molar-refractivity contribution is 5.61. The summed E-state index contributed by atoms with van der Waals surface area (Å²) in [5.41, 5.74) is 9.78. The molecule has 2 heterocycles. The van der Waals surface area contributed by atoms with Crippen molar-refractivity contribution >= 4 is 0 Å². The molecule has 4 rings (SSSR count). The van der Waals surface area contributed by atoms with Crippen molar-refractivity contribution in [2.45, 2.75) is 63.8 Å². The third-order valence-electron chi connectivity index (χ3n) is 5.94. The number of hydrogen-bond acceptors (Lipinski definition) is 4. The Labute approximate surface area is 150 Å². The second-order valence-corrected chi connectivity index (χ2v) is 8.44. The van der Waals surface area contributed by atoms with E-state index in [2.05, 4.69) is 17.0 Å². The summed E-state index contributed by atoms with van der Waals surface area (Å²) in [6.07, 6.45) is 13.2. The second kappa shape index (κ2) is 6.52. The average molecular weight is 339 g/mol. The summed E-state index contributed by atoms with van der Waals surface area (Å²) in [7, 11) is 2.04. The van der Waals surface area contributed by atoms with Crippen molar-refractivity contribution in [2.24, 2.45) is 24.6 Å². The van der Waals surface area contributed by atoms with Crippen LogP contribution in [0.5, 0.6) is 0 Å². The van der Waals surface area contributed by atoms with E-state index in [-0.39, 0.29) is 5.54 Å². The van der Waals surface area contributed by atoms with Crippen LogP contribution in [0, 0.1) is 11.8 Å². The zero-order valence-electron chi connectivity index (χ0n) is 15.4. The van der Waals surface area contributed by atoms with Gasteiger partial charge in [0, 0.05) is 36.5 Å². The van der Waals surface area contributed by atoms with Crippen LogP contribution < -0.4 is 5.73 Å². The minimum atomic E-state index is 0.0205. The van der Waals surface area contributed by atoms with Gasteiger partial charge in [-0.15, -0.1) is 0 Å². The van der Waals surface area contributed by atoms with E-state index in [1.54, 1.807) is 0 Å². The Morgan fingerprint density at radius 3 is 2.60 bits per heavy atom. The van der Waals surface area contributed by atoms with Crippen molar-refractivity contribution in [1.29, 1.82) is 0 Å². The predicted octanol–water partition coefficient (Wildman–Crippen LogP) is 3.28. The highest BCUT2D eigenvalue weighted by Gasteiger charge is 2.28. The van der Waals surface area contributed by atoms with Gasteiger partial charge in [-0.25, -0.2) is 9.97 Å². The molecule has 0 atom stereocenters. The molecule has 5 nitrogen and oxygen atoms in total. The van der Waals surface area contributed by atoms with Gasteiger partial charge in [0.15, 0.2) is 0 Å². The van der Waals surface area contributed by atoms with E-state index in [1.807, 2.05) is 30.2 Å². The van der Waals surface area contributed by atoms with Crippen LogP contribution in [0.3, 0.4) is 0 Å². The van der Waals surface area contributed by atoms with Crippen molar-refractivity contribution in [2.75, 3.05) is 0 Å². The van der Waals surface area contributed by atoms with Gasteiger partial charge >= 0.3 is 0 Å². The molecule has 0 saturated heterocycles. The van der Waals surface area contributed by atoms with Crippen molar-refractivity contribution in [3.05, 3.63) is 30.0 Å². The van der Waals surface area contributed by atoms with Gasteiger partial charge in [-0.2, -0.15) is 5.10 Å². The number of rotatable bonds is 5. The molecule has 2 aromatic heterocycles. The quantitative estimate of drug-likeness (QED) is 0.907. The monoisotopic (exact) mass is 339 g/mol. The lowest BCUT2D eigenvalue weighted by atomic mass is 9.77. The Morgan fingerprint density at radius 2 is 1.88 bits per heavy atom. The fraction of sp³-hybridized carbons (Fsp3) is 0.650. The standard InChI is InChI=1S/C20H29N5/c1-20(21)8-5-15(6-9-20)12-19-22-10-7-17(24-19)16-13-23-25(2)18(16)11-14-3-4-14/h7,10,13-15H,3-6,8-9,11-12,21H2,1-2H3. The molecule has 134 valence electrons. The van der Waals surface area contributed by atoms with Crippen LogP contribution in [0.4, 0.5) is 0 Å². The fourth-order valence-electron chi connectivity index (χ4n) is 3.96. The smallest absolute Gasteiger partial charge is 0.129 e. The molecule has 5 heteroatoms. The molecule has 0 aromatic carbocycles. The molecule has 0 unspecified atom stereocenters. The third kappa shape index (κ3) is 3.92. The molecule has 0 radical (unpaired) electrons. The molecule has 2 saturated carbocycles. The van der Waals surface area contributed by atoms with Crippen LogP contribution in [-0.4, -0.2) is 25.3 Å². The molecule has 0 amide bonds. The summed E-state index contributed by atoms with van der Waals surface area (Å²) in [6, 6.07) is 2.02. The molecule has 0 spiro atoms. The molecule has 2 N–H and O–H groups in total. The molecule has 0 aliphatic heterocycles. The number of hydrogen-bond donors (Lipinski definition) is 1. The summed E-state index contributed by atoms with van der Waals surface area (Å²) < 4.78 is 2.01. The average Bonchev–Trinajstić information content (AvgIpc) is 3.33. The first kappa shape index (κ1) is 16.7. The highest BCUT2D eigenvalue weighted by Crippen LogP contribution is 2.35. The molecular formula is C20H29N5. The summed E-state index contributed by atoms with van der Waals surface area (Å²) in [4.78, 5) is 9.41. The lowest BCUT2D eigenvalue weighted by Gasteiger charge is -2.33. The first-order chi connectivity index (χ1) is 12.0. The molecule has 2 aromatic rings. The van der Waals surface area contributed by atoms with Gasteiger partial charge in [0.2, 0.25) is 0 Å². The van der Waals surface area contributed by atoms with Crippen LogP contribution in [0.1, 0.15) is 57.0 Å². The van der Waals surface area contributed by atoms with E-state index < -0.39 is 0 Å². The summed E-state index contributed by atoms with van der Waals surface area (Å²) in [5.74, 6) is 2.46. The third-order valence-corrected chi connectivity index (χ3v) is 5.94. The van der Waals surface area contributed by atoms with Crippen LogP contribution in [0.25, 0.3) is 11.3 Å². The maximum Gasteiger partial charge on any atom is 0.129 e. The van der Waals surface area contributed by atoms with E-state index in [9.17, 15) is 0 Å². The van der Waals surface area contributed by atoms with Crippen LogP contribution in [0.2, 0.25) is 0 Å². The highest BCUT2D eigenvalue weighted by atomic mass is 15.3. The minimum Gasteiger partial charge on any atom is -0.325 e. The normalized spacial score (nSPS) is 26.8. The van der Waals surface area contributed by atoms with Gasteiger partial charge < -0.3 is 5.73 Å². The number of aryl methyl sites for hydroxylation is 1. The Kier molecular flexibility index (Phi) is 4.36. The van der Waals surface area contributed by atoms with Gasteiger partial charge in [0.1, 0.15) is 5.82 Å². The zero-order chi connectivity index (χ0) is 17.4. The largest absolute Gasteiger partial charge is 0.325 e. The van der Waals surface area contributed by atoms with Crippen molar-refractivity contribution in [1.82, 2.24) is 19.7 Å². The number of nitrogens with two attached hydrogens (primary N) is 1. The SMILES string of the molecule is Cn1ncc(-c2ccnc(CC3CCC(C)(N)CC3)n2)c1CC1CC1. The van der Waals surface area contributed by atoms with Crippen LogP contribution >= 0.6 is 0 Å². The van der Waals surface area contributed by atoms with Gasteiger partial charge in [-0.1, -0.05) is 0 Å². The fourth-order valence-corrected chi connectivity index (χ4v) is 3.96. The second-order valence-electron chi connectivity index (χ2n) is 8.44. The first-order valence-corrected chi connectivity index (χ1v) is 9.62. The maximum absolute atomic E-state index is 6.26. The zero-order valence-corrected chi connectivity index (χ0v) is 15.4. The molecule has 25 heavy (non-hydrogen) atoms. The van der Waals surface area contributed by atoms with E-state index in [0.29, 0.717) is 5.92 Å². The van der Waals surface area contributed by atoms with E-state index in [4.69, 9.17) is 10.7 Å². The van der Waals surface area contributed by atoms with Crippen LogP contribution in [-0.2, 0) is 19.9 Å². The predicted molar refractivity (Wildman–Crippen MR) is 98.9 cm³/mol. The Balaban J connectivity index is 1.50. The summed E-state index contributed by atoms with van der Waals surface area (Å²) in [6.45, 7) is 2.17.